The van der Waals surface area contributed by atoms with Crippen molar-refractivity contribution in [2.24, 2.45) is 0 Å². The number of halogens is 3. The summed E-state index contributed by atoms with van der Waals surface area (Å²) in [6.07, 6.45) is -2.28. The Morgan fingerprint density at radius 3 is 2.52 bits per heavy atom. The van der Waals surface area contributed by atoms with Gasteiger partial charge in [0.05, 0.1) is 12.7 Å². The molecule has 1 aliphatic heterocycles. The van der Waals surface area contributed by atoms with Gasteiger partial charge in [-0.15, -0.1) is 15.3 Å². The average molecular weight is 406 g/mol. The smallest absolute Gasteiger partial charge is 0.433 e. The van der Waals surface area contributed by atoms with Crippen molar-refractivity contribution in [3.05, 3.63) is 47.5 Å². The minimum atomic E-state index is -4.53. The SMILES string of the molecule is COc1ccc2nnc(C3CCN(C(=O)c4ccc(C(F)(F)F)nc4)CC3)n2n1. The number of carbonyl (C=O) groups is 1. The summed E-state index contributed by atoms with van der Waals surface area (Å²) in [4.78, 5) is 17.6. The van der Waals surface area contributed by atoms with Crippen LogP contribution in [0.1, 0.15) is 40.6 Å². The Morgan fingerprint density at radius 2 is 1.90 bits per heavy atom. The second-order valence-corrected chi connectivity index (χ2v) is 6.70. The van der Waals surface area contributed by atoms with E-state index in [2.05, 4.69) is 20.3 Å². The van der Waals surface area contributed by atoms with Crippen LogP contribution >= 0.6 is 0 Å². The van der Waals surface area contributed by atoms with E-state index in [-0.39, 0.29) is 17.4 Å². The quantitative estimate of drug-likeness (QED) is 0.665. The summed E-state index contributed by atoms with van der Waals surface area (Å²) in [6, 6.07) is 5.44. The van der Waals surface area contributed by atoms with Gasteiger partial charge in [0.15, 0.2) is 11.5 Å². The van der Waals surface area contributed by atoms with Crippen LogP contribution in [-0.4, -0.2) is 55.8 Å². The van der Waals surface area contributed by atoms with E-state index in [0.717, 1.165) is 18.3 Å². The highest BCUT2D eigenvalue weighted by atomic mass is 19.4. The lowest BCUT2D eigenvalue weighted by atomic mass is 9.95. The largest absolute Gasteiger partial charge is 0.480 e. The van der Waals surface area contributed by atoms with Crippen LogP contribution in [-0.2, 0) is 6.18 Å². The summed E-state index contributed by atoms with van der Waals surface area (Å²) in [7, 11) is 1.53. The highest BCUT2D eigenvalue weighted by molar-refractivity contribution is 5.94. The molecule has 4 rings (SSSR count). The molecular weight excluding hydrogens is 389 g/mol. The fourth-order valence-corrected chi connectivity index (χ4v) is 3.36. The first kappa shape index (κ1) is 19.1. The molecule has 8 nitrogen and oxygen atoms in total. The number of likely N-dealkylation sites (tertiary alicyclic amines) is 1. The standard InChI is InChI=1S/C18H17F3N6O2/c1-29-15-5-4-14-23-24-16(27(14)25-15)11-6-8-26(9-7-11)17(28)12-2-3-13(22-10-12)18(19,20)21/h2-5,10-11H,6-9H2,1H3. The number of fused-ring (bicyclic) bond motifs is 1. The highest BCUT2D eigenvalue weighted by Crippen LogP contribution is 2.29. The van der Waals surface area contributed by atoms with Crippen LogP contribution in [0, 0.1) is 0 Å². The zero-order valence-corrected chi connectivity index (χ0v) is 15.4. The molecule has 11 heteroatoms. The second kappa shape index (κ2) is 7.30. The Balaban J connectivity index is 1.45. The van der Waals surface area contributed by atoms with E-state index in [1.165, 1.54) is 7.11 Å². The molecule has 1 aliphatic rings. The Morgan fingerprint density at radius 1 is 1.14 bits per heavy atom. The van der Waals surface area contributed by atoms with E-state index in [0.29, 0.717) is 43.3 Å². The van der Waals surface area contributed by atoms with Crippen molar-refractivity contribution in [1.29, 1.82) is 0 Å². The van der Waals surface area contributed by atoms with E-state index in [1.54, 1.807) is 21.5 Å². The number of aromatic nitrogens is 5. The molecule has 0 saturated carbocycles. The Bertz CT molecular complexity index is 1030. The van der Waals surface area contributed by atoms with E-state index in [9.17, 15) is 18.0 Å². The second-order valence-electron chi connectivity index (χ2n) is 6.70. The van der Waals surface area contributed by atoms with E-state index < -0.39 is 11.9 Å². The molecule has 3 aromatic heterocycles. The van der Waals surface area contributed by atoms with Gasteiger partial charge >= 0.3 is 6.18 Å². The molecule has 1 amide bonds. The molecule has 0 bridgehead atoms. The van der Waals surface area contributed by atoms with Crippen LogP contribution in [0.3, 0.4) is 0 Å². The first-order valence-electron chi connectivity index (χ1n) is 8.95. The normalized spacial score (nSPS) is 15.7. The number of ether oxygens (including phenoxy) is 1. The summed E-state index contributed by atoms with van der Waals surface area (Å²) < 4.78 is 44.7. The minimum absolute atomic E-state index is 0.0550. The van der Waals surface area contributed by atoms with Crippen LogP contribution in [0.5, 0.6) is 5.88 Å². The van der Waals surface area contributed by atoms with Crippen molar-refractivity contribution in [2.75, 3.05) is 20.2 Å². The van der Waals surface area contributed by atoms with Gasteiger partial charge in [-0.2, -0.15) is 17.7 Å². The number of carbonyl (C=O) groups excluding carboxylic acids is 1. The summed E-state index contributed by atoms with van der Waals surface area (Å²) in [5, 5.41) is 12.7. The minimum Gasteiger partial charge on any atom is -0.480 e. The van der Waals surface area contributed by atoms with Gasteiger partial charge in [-0.1, -0.05) is 0 Å². The lowest BCUT2D eigenvalue weighted by Gasteiger charge is -2.31. The molecule has 1 saturated heterocycles. The zero-order valence-electron chi connectivity index (χ0n) is 15.4. The van der Waals surface area contributed by atoms with Gasteiger partial charge in [0.1, 0.15) is 5.69 Å². The number of hydrogen-bond donors (Lipinski definition) is 0. The lowest BCUT2D eigenvalue weighted by Crippen LogP contribution is -2.38. The molecule has 152 valence electrons. The number of hydrogen-bond acceptors (Lipinski definition) is 6. The van der Waals surface area contributed by atoms with Crippen LogP contribution in [0.25, 0.3) is 5.65 Å². The van der Waals surface area contributed by atoms with Gasteiger partial charge in [0.25, 0.3) is 5.91 Å². The summed E-state index contributed by atoms with van der Waals surface area (Å²) in [6.45, 7) is 0.896. The molecule has 0 unspecified atom stereocenters. The molecule has 4 heterocycles. The molecule has 0 radical (unpaired) electrons. The van der Waals surface area contributed by atoms with Crippen LogP contribution in [0.4, 0.5) is 13.2 Å². The van der Waals surface area contributed by atoms with Crippen molar-refractivity contribution < 1.29 is 22.7 Å². The number of piperidine rings is 1. The Hall–Kier alpha value is -3.24. The number of rotatable bonds is 3. The van der Waals surface area contributed by atoms with Crippen LogP contribution in [0.2, 0.25) is 0 Å². The number of methoxy groups -OCH3 is 1. The molecule has 0 spiro atoms. The van der Waals surface area contributed by atoms with Crippen molar-refractivity contribution in [3.8, 4) is 5.88 Å². The number of alkyl halides is 3. The van der Waals surface area contributed by atoms with Crippen LogP contribution < -0.4 is 4.74 Å². The monoisotopic (exact) mass is 406 g/mol. The van der Waals surface area contributed by atoms with Gasteiger partial charge in [-0.3, -0.25) is 9.78 Å². The predicted molar refractivity (Wildman–Crippen MR) is 94.5 cm³/mol. The molecule has 3 aromatic rings. The zero-order chi connectivity index (χ0) is 20.6. The third kappa shape index (κ3) is 3.71. The first-order valence-corrected chi connectivity index (χ1v) is 8.95. The van der Waals surface area contributed by atoms with Crippen molar-refractivity contribution >= 4 is 11.6 Å². The number of nitrogens with zero attached hydrogens (tertiary/aromatic N) is 6. The van der Waals surface area contributed by atoms with Gasteiger partial charge in [-0.05, 0) is 31.0 Å². The Labute approximate surface area is 163 Å². The maximum Gasteiger partial charge on any atom is 0.433 e. The summed E-state index contributed by atoms with van der Waals surface area (Å²) in [5.41, 5.74) is -0.278. The van der Waals surface area contributed by atoms with Gasteiger partial charge in [-0.25, -0.2) is 0 Å². The first-order chi connectivity index (χ1) is 13.9. The number of pyridine rings is 1. The molecule has 1 fully saturated rings. The van der Waals surface area contributed by atoms with E-state index >= 15 is 0 Å². The molecule has 29 heavy (non-hydrogen) atoms. The maximum atomic E-state index is 12.6. The fourth-order valence-electron chi connectivity index (χ4n) is 3.36. The van der Waals surface area contributed by atoms with Gasteiger partial charge < -0.3 is 9.64 Å². The maximum absolute atomic E-state index is 12.6. The van der Waals surface area contributed by atoms with E-state index in [4.69, 9.17) is 4.74 Å². The molecular formula is C18H17F3N6O2. The van der Waals surface area contributed by atoms with Gasteiger partial charge in [0, 0.05) is 31.3 Å². The topological polar surface area (TPSA) is 85.5 Å². The molecule has 0 N–H and O–H groups in total. The summed E-state index contributed by atoms with van der Waals surface area (Å²) in [5.74, 6) is 0.859. The molecule has 0 aliphatic carbocycles. The lowest BCUT2D eigenvalue weighted by molar-refractivity contribution is -0.141. The van der Waals surface area contributed by atoms with Crippen LogP contribution in [0.15, 0.2) is 30.5 Å². The van der Waals surface area contributed by atoms with Crippen molar-refractivity contribution in [3.63, 3.8) is 0 Å². The third-order valence-electron chi connectivity index (χ3n) is 4.92. The van der Waals surface area contributed by atoms with Gasteiger partial charge in [0.2, 0.25) is 5.88 Å². The van der Waals surface area contributed by atoms with Crippen molar-refractivity contribution in [2.45, 2.75) is 24.9 Å². The highest BCUT2D eigenvalue weighted by Gasteiger charge is 2.33. The fraction of sp³-hybridized carbons (Fsp3) is 0.389. The predicted octanol–water partition coefficient (Wildman–Crippen LogP) is 2.57. The van der Waals surface area contributed by atoms with E-state index in [1.807, 2.05) is 0 Å². The Kier molecular flexibility index (Phi) is 4.81. The summed E-state index contributed by atoms with van der Waals surface area (Å²) >= 11 is 0. The average Bonchev–Trinajstić information content (AvgIpc) is 3.16. The third-order valence-corrected chi connectivity index (χ3v) is 4.92. The molecule has 0 atom stereocenters. The van der Waals surface area contributed by atoms with Crippen molar-refractivity contribution in [1.82, 2.24) is 29.7 Å². The number of amides is 1. The molecule has 0 aromatic carbocycles.